The summed E-state index contributed by atoms with van der Waals surface area (Å²) in [6.07, 6.45) is 1.81. The molecular weight excluding hydrogens is 182 g/mol. The lowest BCUT2D eigenvalue weighted by Crippen LogP contribution is -2.22. The van der Waals surface area contributed by atoms with Crippen LogP contribution in [0.5, 0.6) is 0 Å². The Labute approximate surface area is 82.7 Å². The van der Waals surface area contributed by atoms with Gasteiger partial charge < -0.3 is 5.32 Å². The van der Waals surface area contributed by atoms with Gasteiger partial charge in [-0.2, -0.15) is 5.26 Å². The summed E-state index contributed by atoms with van der Waals surface area (Å²) in [6.45, 7) is 1.81. The van der Waals surface area contributed by atoms with Gasteiger partial charge in [0, 0.05) is 7.05 Å². The van der Waals surface area contributed by atoms with E-state index in [1.807, 2.05) is 6.92 Å². The number of amides is 1. The molecule has 5 heteroatoms. The van der Waals surface area contributed by atoms with Crippen molar-refractivity contribution in [3.05, 3.63) is 0 Å². The molecule has 1 saturated carbocycles. The molecule has 14 heavy (non-hydrogen) atoms. The number of nitriles is 1. The SMILES string of the molecule is CNC(=O)ON=C1CCCC1(C)C#N. The summed E-state index contributed by atoms with van der Waals surface area (Å²) in [7, 11) is 1.46. The second-order valence-electron chi connectivity index (χ2n) is 3.46. The lowest BCUT2D eigenvalue weighted by atomic mass is 9.89. The molecule has 0 saturated heterocycles. The van der Waals surface area contributed by atoms with Gasteiger partial charge in [0.15, 0.2) is 0 Å². The molecule has 0 aromatic heterocycles. The quantitative estimate of drug-likeness (QED) is 0.507. The van der Waals surface area contributed by atoms with Crippen LogP contribution in [0.3, 0.4) is 0 Å². The van der Waals surface area contributed by atoms with Gasteiger partial charge in [0.25, 0.3) is 0 Å². The van der Waals surface area contributed by atoms with Crippen molar-refractivity contribution in [2.45, 2.75) is 26.2 Å². The second-order valence-corrected chi connectivity index (χ2v) is 3.46. The topological polar surface area (TPSA) is 74.5 Å². The molecule has 1 N–H and O–H groups in total. The first kappa shape index (κ1) is 10.5. The van der Waals surface area contributed by atoms with Gasteiger partial charge >= 0.3 is 6.09 Å². The minimum absolute atomic E-state index is 0.561. The van der Waals surface area contributed by atoms with Crippen molar-refractivity contribution in [1.29, 1.82) is 5.26 Å². The fourth-order valence-corrected chi connectivity index (χ4v) is 1.44. The molecule has 0 spiro atoms. The minimum Gasteiger partial charge on any atom is -0.323 e. The Balaban J connectivity index is 2.68. The van der Waals surface area contributed by atoms with E-state index in [1.165, 1.54) is 7.05 Å². The van der Waals surface area contributed by atoms with Crippen LogP contribution in [-0.2, 0) is 4.84 Å². The van der Waals surface area contributed by atoms with Crippen molar-refractivity contribution < 1.29 is 9.63 Å². The molecule has 0 heterocycles. The maximum absolute atomic E-state index is 10.7. The van der Waals surface area contributed by atoms with Gasteiger partial charge in [-0.15, -0.1) is 0 Å². The number of nitrogens with zero attached hydrogens (tertiary/aromatic N) is 2. The summed E-state index contributed by atoms with van der Waals surface area (Å²) in [4.78, 5) is 15.3. The van der Waals surface area contributed by atoms with Crippen LogP contribution in [0, 0.1) is 16.7 Å². The molecular formula is C9H13N3O2. The molecule has 1 aliphatic rings. The average Bonchev–Trinajstić information content (AvgIpc) is 2.57. The lowest BCUT2D eigenvalue weighted by molar-refractivity contribution is 0.152. The van der Waals surface area contributed by atoms with Gasteiger partial charge in [-0.3, -0.25) is 4.84 Å². The zero-order valence-corrected chi connectivity index (χ0v) is 8.33. The molecule has 76 valence electrons. The van der Waals surface area contributed by atoms with Crippen molar-refractivity contribution in [2.24, 2.45) is 10.6 Å². The van der Waals surface area contributed by atoms with E-state index in [4.69, 9.17) is 5.26 Å². The summed E-state index contributed by atoms with van der Waals surface area (Å²) in [6, 6.07) is 2.19. The normalized spacial score (nSPS) is 28.5. The van der Waals surface area contributed by atoms with Gasteiger partial charge in [0.1, 0.15) is 0 Å². The third-order valence-corrected chi connectivity index (χ3v) is 2.42. The zero-order valence-electron chi connectivity index (χ0n) is 8.33. The van der Waals surface area contributed by atoms with E-state index >= 15 is 0 Å². The third kappa shape index (κ3) is 2.02. The van der Waals surface area contributed by atoms with Crippen molar-refractivity contribution >= 4 is 11.8 Å². The first-order valence-corrected chi connectivity index (χ1v) is 4.50. The van der Waals surface area contributed by atoms with Gasteiger partial charge in [0.2, 0.25) is 0 Å². The van der Waals surface area contributed by atoms with Crippen LogP contribution in [-0.4, -0.2) is 18.9 Å². The smallest absolute Gasteiger partial charge is 0.323 e. The lowest BCUT2D eigenvalue weighted by Gasteiger charge is -2.13. The van der Waals surface area contributed by atoms with Crippen LogP contribution in [0.15, 0.2) is 5.16 Å². The van der Waals surface area contributed by atoms with Crippen LogP contribution in [0.25, 0.3) is 0 Å². The highest BCUT2D eigenvalue weighted by Gasteiger charge is 2.36. The highest BCUT2D eigenvalue weighted by atomic mass is 16.7. The second kappa shape index (κ2) is 4.09. The first-order valence-electron chi connectivity index (χ1n) is 4.50. The summed E-state index contributed by atoms with van der Waals surface area (Å²) < 4.78 is 0. The van der Waals surface area contributed by atoms with E-state index in [0.29, 0.717) is 5.71 Å². The molecule has 1 aliphatic carbocycles. The number of carbonyl (C=O) groups excluding carboxylic acids is 1. The third-order valence-electron chi connectivity index (χ3n) is 2.42. The van der Waals surface area contributed by atoms with Crippen molar-refractivity contribution in [3.8, 4) is 6.07 Å². The highest BCUT2D eigenvalue weighted by molar-refractivity contribution is 5.94. The van der Waals surface area contributed by atoms with Gasteiger partial charge in [-0.05, 0) is 26.2 Å². The van der Waals surface area contributed by atoms with E-state index in [-0.39, 0.29) is 0 Å². The molecule has 1 atom stereocenters. The Bertz CT molecular complexity index is 306. The van der Waals surface area contributed by atoms with E-state index in [2.05, 4.69) is 21.4 Å². The molecule has 0 aliphatic heterocycles. The van der Waals surface area contributed by atoms with Gasteiger partial charge in [-0.25, -0.2) is 4.79 Å². The molecule has 1 unspecified atom stereocenters. The molecule has 0 radical (unpaired) electrons. The standard InChI is InChI=1S/C9H13N3O2/c1-9(6-10)5-3-4-7(9)12-14-8(13)11-2/h3-5H2,1-2H3,(H,11,13). The molecule has 0 bridgehead atoms. The number of rotatable bonds is 1. The van der Waals surface area contributed by atoms with Crippen molar-refractivity contribution in [2.75, 3.05) is 7.05 Å². The van der Waals surface area contributed by atoms with E-state index in [0.717, 1.165) is 19.3 Å². The van der Waals surface area contributed by atoms with Crippen LogP contribution in [0.2, 0.25) is 0 Å². The first-order chi connectivity index (χ1) is 6.62. The zero-order chi connectivity index (χ0) is 10.6. The molecule has 1 rings (SSSR count). The number of oxime groups is 1. The Morgan fingerprint density at radius 2 is 2.50 bits per heavy atom. The maximum Gasteiger partial charge on any atom is 0.433 e. The maximum atomic E-state index is 10.7. The number of nitrogens with one attached hydrogen (secondary N) is 1. The van der Waals surface area contributed by atoms with Gasteiger partial charge in [0.05, 0.1) is 17.2 Å². The number of hydrogen-bond donors (Lipinski definition) is 1. The highest BCUT2D eigenvalue weighted by Crippen LogP contribution is 2.34. The van der Waals surface area contributed by atoms with Crippen LogP contribution >= 0.6 is 0 Å². The van der Waals surface area contributed by atoms with Crippen LogP contribution in [0.4, 0.5) is 4.79 Å². The molecule has 5 nitrogen and oxygen atoms in total. The summed E-state index contributed by atoms with van der Waals surface area (Å²) in [5.74, 6) is 0. The Kier molecular flexibility index (Phi) is 3.07. The summed E-state index contributed by atoms with van der Waals surface area (Å²) in [5.41, 5.74) is 0.0946. The van der Waals surface area contributed by atoms with Crippen molar-refractivity contribution in [3.63, 3.8) is 0 Å². The summed E-state index contributed by atoms with van der Waals surface area (Å²) in [5, 5.41) is 14.9. The molecule has 1 amide bonds. The number of carbonyl (C=O) groups is 1. The fraction of sp³-hybridized carbons (Fsp3) is 0.667. The molecule has 1 fully saturated rings. The molecule has 0 aromatic carbocycles. The predicted octanol–water partition coefficient (Wildman–Crippen LogP) is 1.41. The van der Waals surface area contributed by atoms with E-state index in [9.17, 15) is 4.79 Å². The minimum atomic E-state index is -0.607. The van der Waals surface area contributed by atoms with Gasteiger partial charge in [-0.1, -0.05) is 5.16 Å². The number of hydrogen-bond acceptors (Lipinski definition) is 4. The Morgan fingerprint density at radius 1 is 1.79 bits per heavy atom. The van der Waals surface area contributed by atoms with Crippen LogP contribution in [0.1, 0.15) is 26.2 Å². The fourth-order valence-electron chi connectivity index (χ4n) is 1.44. The molecule has 0 aromatic rings. The van der Waals surface area contributed by atoms with Crippen LogP contribution < -0.4 is 5.32 Å². The van der Waals surface area contributed by atoms with E-state index in [1.54, 1.807) is 0 Å². The van der Waals surface area contributed by atoms with Crippen molar-refractivity contribution in [1.82, 2.24) is 5.32 Å². The monoisotopic (exact) mass is 195 g/mol. The van der Waals surface area contributed by atoms with E-state index < -0.39 is 11.5 Å². The Hall–Kier alpha value is -1.57. The predicted molar refractivity (Wildman–Crippen MR) is 50.5 cm³/mol. The Morgan fingerprint density at radius 3 is 3.07 bits per heavy atom. The largest absolute Gasteiger partial charge is 0.433 e. The summed E-state index contributed by atoms with van der Waals surface area (Å²) >= 11 is 0. The average molecular weight is 195 g/mol.